The molecule has 5 nitrogen and oxygen atoms in total. The van der Waals surface area contributed by atoms with E-state index < -0.39 is 5.60 Å². The minimum Gasteiger partial charge on any atom is -0.388 e. The Morgan fingerprint density at radius 2 is 2.00 bits per heavy atom. The number of nitrogens with one attached hydrogen (secondary N) is 2. The van der Waals surface area contributed by atoms with Crippen LogP contribution in [0.1, 0.15) is 62.8 Å². The second-order valence-corrected chi connectivity index (χ2v) is 5.00. The number of aromatic nitrogens is 2. The van der Waals surface area contributed by atoms with Crippen molar-refractivity contribution in [3.63, 3.8) is 0 Å². The summed E-state index contributed by atoms with van der Waals surface area (Å²) < 4.78 is 0. The van der Waals surface area contributed by atoms with Crippen LogP contribution in [0.2, 0.25) is 0 Å². The monoisotopic (exact) mass is 267 g/mol. The Morgan fingerprint density at radius 1 is 1.37 bits per heavy atom. The fourth-order valence-electron chi connectivity index (χ4n) is 2.23. The Bertz CT molecular complexity index is 395. The number of carbonyl (C=O) groups excluding carboxylic acids is 1. The van der Waals surface area contributed by atoms with E-state index in [0.29, 0.717) is 18.5 Å². The van der Waals surface area contributed by atoms with Crippen molar-refractivity contribution in [2.45, 2.75) is 58.5 Å². The lowest BCUT2D eigenvalue weighted by Crippen LogP contribution is -2.43. The van der Waals surface area contributed by atoms with Gasteiger partial charge in [0.05, 0.1) is 11.8 Å². The lowest BCUT2D eigenvalue weighted by Gasteiger charge is -2.27. The molecule has 1 rings (SSSR count). The molecule has 0 saturated heterocycles. The van der Waals surface area contributed by atoms with Gasteiger partial charge in [-0.2, -0.15) is 0 Å². The third kappa shape index (κ3) is 4.67. The van der Waals surface area contributed by atoms with Gasteiger partial charge in [0, 0.05) is 13.0 Å². The van der Waals surface area contributed by atoms with E-state index >= 15 is 0 Å². The molecule has 5 heteroatoms. The van der Waals surface area contributed by atoms with Crippen LogP contribution < -0.4 is 5.32 Å². The second kappa shape index (κ2) is 7.28. The van der Waals surface area contributed by atoms with Crippen LogP contribution in [-0.4, -0.2) is 33.1 Å². The molecule has 1 amide bonds. The largest absolute Gasteiger partial charge is 0.388 e. The quantitative estimate of drug-likeness (QED) is 0.674. The highest BCUT2D eigenvalue weighted by molar-refractivity contribution is 5.92. The molecule has 0 bridgehead atoms. The number of aromatic amines is 1. The molecule has 108 valence electrons. The molecule has 0 unspecified atom stereocenters. The number of aliphatic hydroxyl groups is 1. The third-order valence-corrected chi connectivity index (χ3v) is 3.22. The number of nitrogens with zero attached hydrogens (tertiary/aromatic N) is 1. The Kier molecular flexibility index (Phi) is 6.02. The van der Waals surface area contributed by atoms with E-state index in [0.717, 1.165) is 25.1 Å². The minimum atomic E-state index is -0.799. The Hall–Kier alpha value is -1.36. The smallest absolute Gasteiger partial charge is 0.269 e. The van der Waals surface area contributed by atoms with Crippen molar-refractivity contribution < 1.29 is 9.90 Å². The van der Waals surface area contributed by atoms with Crippen LogP contribution in [0, 0.1) is 0 Å². The summed E-state index contributed by atoms with van der Waals surface area (Å²) in [5, 5.41) is 13.2. The zero-order valence-corrected chi connectivity index (χ0v) is 12.1. The van der Waals surface area contributed by atoms with Gasteiger partial charge < -0.3 is 15.4 Å². The number of H-pyrrole nitrogens is 1. The standard InChI is InChI=1S/C14H25N3O2/c1-4-7-14(19,8-5-2)10-16-13(18)11-9-15-12(6-3)17-11/h9,19H,4-8,10H2,1-3H3,(H,15,17)(H,16,18). The topological polar surface area (TPSA) is 78.0 Å². The first-order chi connectivity index (χ1) is 9.04. The summed E-state index contributed by atoms with van der Waals surface area (Å²) in [4.78, 5) is 19.0. The van der Waals surface area contributed by atoms with Crippen molar-refractivity contribution in [2.75, 3.05) is 6.54 Å². The highest BCUT2D eigenvalue weighted by Crippen LogP contribution is 2.18. The van der Waals surface area contributed by atoms with Crippen molar-refractivity contribution in [3.05, 3.63) is 17.7 Å². The molecule has 0 aliphatic carbocycles. The average Bonchev–Trinajstić information content (AvgIpc) is 2.85. The van der Waals surface area contributed by atoms with Gasteiger partial charge >= 0.3 is 0 Å². The number of amides is 1. The molecule has 0 aromatic carbocycles. The lowest BCUT2D eigenvalue weighted by atomic mass is 9.92. The van der Waals surface area contributed by atoms with Gasteiger partial charge in [0.2, 0.25) is 0 Å². The van der Waals surface area contributed by atoms with Gasteiger partial charge in [-0.1, -0.05) is 33.6 Å². The van der Waals surface area contributed by atoms with E-state index in [2.05, 4.69) is 15.3 Å². The number of imidazole rings is 1. The Morgan fingerprint density at radius 3 is 2.47 bits per heavy atom. The number of hydrogen-bond donors (Lipinski definition) is 3. The molecule has 19 heavy (non-hydrogen) atoms. The zero-order valence-electron chi connectivity index (χ0n) is 12.1. The molecular weight excluding hydrogens is 242 g/mol. The van der Waals surface area contributed by atoms with Gasteiger partial charge in [-0.15, -0.1) is 0 Å². The molecule has 1 heterocycles. The van der Waals surface area contributed by atoms with E-state index in [-0.39, 0.29) is 12.5 Å². The predicted octanol–water partition coefficient (Wildman–Crippen LogP) is 2.03. The molecule has 3 N–H and O–H groups in total. The SMILES string of the molecule is CCCC(O)(CCC)CNC(=O)c1cnc(CC)[nH]1. The molecule has 0 atom stereocenters. The lowest BCUT2D eigenvalue weighted by molar-refractivity contribution is 0.0212. The Labute approximate surface area is 114 Å². The highest BCUT2D eigenvalue weighted by atomic mass is 16.3. The van der Waals surface area contributed by atoms with E-state index in [4.69, 9.17) is 0 Å². The van der Waals surface area contributed by atoms with Crippen molar-refractivity contribution in [1.82, 2.24) is 15.3 Å². The predicted molar refractivity (Wildman–Crippen MR) is 75.1 cm³/mol. The summed E-state index contributed by atoms with van der Waals surface area (Å²) in [6.45, 7) is 6.32. The second-order valence-electron chi connectivity index (χ2n) is 5.00. The molecule has 0 spiro atoms. The van der Waals surface area contributed by atoms with Crippen LogP contribution in [0.5, 0.6) is 0 Å². The molecule has 1 aromatic rings. The maximum absolute atomic E-state index is 11.9. The number of hydrogen-bond acceptors (Lipinski definition) is 3. The van der Waals surface area contributed by atoms with E-state index in [1.54, 1.807) is 0 Å². The summed E-state index contributed by atoms with van der Waals surface area (Å²) in [5.74, 6) is 0.584. The van der Waals surface area contributed by atoms with Gasteiger partial charge in [0.25, 0.3) is 5.91 Å². The normalized spacial score (nSPS) is 11.6. The summed E-state index contributed by atoms with van der Waals surface area (Å²) >= 11 is 0. The van der Waals surface area contributed by atoms with Crippen LogP contribution in [-0.2, 0) is 6.42 Å². The molecule has 0 fully saturated rings. The maximum Gasteiger partial charge on any atom is 0.269 e. The Balaban J connectivity index is 2.56. The minimum absolute atomic E-state index is 0.210. The van der Waals surface area contributed by atoms with Crippen LogP contribution >= 0.6 is 0 Å². The first-order valence-electron chi connectivity index (χ1n) is 7.09. The maximum atomic E-state index is 11.9. The first-order valence-corrected chi connectivity index (χ1v) is 7.09. The van der Waals surface area contributed by atoms with Gasteiger partial charge in [-0.25, -0.2) is 4.98 Å². The van der Waals surface area contributed by atoms with Gasteiger partial charge in [-0.05, 0) is 12.8 Å². The summed E-state index contributed by atoms with van der Waals surface area (Å²) in [6.07, 6.45) is 5.50. The fraction of sp³-hybridized carbons (Fsp3) is 0.714. The molecular formula is C14H25N3O2. The summed E-state index contributed by atoms with van der Waals surface area (Å²) in [7, 11) is 0. The van der Waals surface area contributed by atoms with Crippen LogP contribution in [0.15, 0.2) is 6.20 Å². The van der Waals surface area contributed by atoms with Crippen molar-refractivity contribution >= 4 is 5.91 Å². The molecule has 0 saturated carbocycles. The van der Waals surface area contributed by atoms with Crippen molar-refractivity contribution in [3.8, 4) is 0 Å². The molecule has 1 aromatic heterocycles. The number of rotatable bonds is 8. The van der Waals surface area contributed by atoms with Crippen LogP contribution in [0.4, 0.5) is 0 Å². The first kappa shape index (κ1) is 15.7. The molecule has 0 aliphatic heterocycles. The van der Waals surface area contributed by atoms with Gasteiger partial charge in [0.15, 0.2) is 0 Å². The number of aryl methyl sites for hydroxylation is 1. The highest BCUT2D eigenvalue weighted by Gasteiger charge is 2.25. The van der Waals surface area contributed by atoms with Gasteiger partial charge in [0.1, 0.15) is 11.5 Å². The average molecular weight is 267 g/mol. The van der Waals surface area contributed by atoms with E-state index in [9.17, 15) is 9.90 Å². The molecule has 0 radical (unpaired) electrons. The zero-order chi connectivity index (χ0) is 14.3. The van der Waals surface area contributed by atoms with E-state index in [1.165, 1.54) is 6.20 Å². The van der Waals surface area contributed by atoms with Crippen LogP contribution in [0.3, 0.4) is 0 Å². The van der Waals surface area contributed by atoms with Crippen molar-refractivity contribution in [1.29, 1.82) is 0 Å². The summed E-state index contributed by atoms with van der Waals surface area (Å²) in [6, 6.07) is 0. The van der Waals surface area contributed by atoms with Gasteiger partial charge in [-0.3, -0.25) is 4.79 Å². The molecule has 0 aliphatic rings. The van der Waals surface area contributed by atoms with Crippen LogP contribution in [0.25, 0.3) is 0 Å². The fourth-order valence-corrected chi connectivity index (χ4v) is 2.23. The van der Waals surface area contributed by atoms with Crippen molar-refractivity contribution in [2.24, 2.45) is 0 Å². The summed E-state index contributed by atoms with van der Waals surface area (Å²) in [5.41, 5.74) is -0.348. The third-order valence-electron chi connectivity index (χ3n) is 3.22. The van der Waals surface area contributed by atoms with E-state index in [1.807, 2.05) is 20.8 Å². The number of carbonyl (C=O) groups is 1.